The van der Waals surface area contributed by atoms with E-state index >= 15 is 0 Å². The molecule has 1 saturated carbocycles. The van der Waals surface area contributed by atoms with Gasteiger partial charge in [-0.1, -0.05) is 67.8 Å². The van der Waals surface area contributed by atoms with Crippen molar-refractivity contribution in [1.82, 2.24) is 0 Å². The number of halogens is 1. The fourth-order valence-corrected chi connectivity index (χ4v) is 2.28. The third kappa shape index (κ3) is 7.27. The Kier molecular flexibility index (Phi) is 10.7. The normalized spacial score (nSPS) is 20.3. The molecule has 1 atom stereocenters. The number of nitrogens with zero attached hydrogens (tertiary/aromatic N) is 1. The van der Waals surface area contributed by atoms with Crippen LogP contribution in [0.5, 0.6) is 0 Å². The van der Waals surface area contributed by atoms with Crippen LogP contribution in [0.25, 0.3) is 5.32 Å². The first kappa shape index (κ1) is 17.5. The Morgan fingerprint density at radius 2 is 1.70 bits per heavy atom. The van der Waals surface area contributed by atoms with Crippen molar-refractivity contribution in [2.75, 3.05) is 6.54 Å². The summed E-state index contributed by atoms with van der Waals surface area (Å²) in [7, 11) is 4.67. The van der Waals surface area contributed by atoms with Gasteiger partial charge in [0, 0.05) is 0 Å². The van der Waals surface area contributed by atoms with Gasteiger partial charge in [0.1, 0.15) is 0 Å². The molecule has 0 amide bonds. The fourth-order valence-electron chi connectivity index (χ4n) is 2.28. The van der Waals surface area contributed by atoms with E-state index in [1.165, 1.54) is 49.0 Å². The van der Waals surface area contributed by atoms with E-state index in [0.717, 1.165) is 6.54 Å². The number of benzene rings is 1. The fraction of sp³-hybridized carbons (Fsp3) is 0.353. The Bertz CT molecular complexity index is 357. The smallest absolute Gasteiger partial charge is 0.0623 e. The second-order valence-electron chi connectivity index (χ2n) is 4.64. The SMILES string of the molecule is C1=CC[N-]C(C2[CH-]CCCC2)=C1.[Cl][Os].c1ccccc1. The maximum absolute atomic E-state index is 4.67. The van der Waals surface area contributed by atoms with Crippen LogP contribution in [-0.4, -0.2) is 6.54 Å². The minimum atomic E-state index is 0.656. The summed E-state index contributed by atoms with van der Waals surface area (Å²) in [5.41, 5.74) is 1.30. The van der Waals surface area contributed by atoms with E-state index < -0.39 is 0 Å². The molecule has 0 bridgehead atoms. The quantitative estimate of drug-likeness (QED) is 0.481. The Labute approximate surface area is 137 Å². The largest absolute Gasteiger partial charge is 0.0623 e. The number of allylic oxidation sites excluding steroid dienone is 3. The summed E-state index contributed by atoms with van der Waals surface area (Å²) in [6.07, 6.45) is 14.2. The molecule has 1 fully saturated rings. The molecule has 1 aromatic rings. The van der Waals surface area contributed by atoms with Gasteiger partial charge in [0.2, 0.25) is 0 Å². The Balaban J connectivity index is 0.000000211. The van der Waals surface area contributed by atoms with E-state index in [4.69, 9.17) is 0 Å². The summed E-state index contributed by atoms with van der Waals surface area (Å²) < 4.78 is 0. The number of hydrogen-bond acceptors (Lipinski definition) is 0. The summed E-state index contributed by atoms with van der Waals surface area (Å²) in [5.74, 6) is 0.656. The zero-order chi connectivity index (χ0) is 14.5. The van der Waals surface area contributed by atoms with Gasteiger partial charge in [-0.05, 0) is 0 Å². The summed E-state index contributed by atoms with van der Waals surface area (Å²) >= 11 is 1.33. The molecular weight excluding hydrogens is 444 g/mol. The van der Waals surface area contributed by atoms with Crippen LogP contribution in [0, 0.1) is 12.3 Å². The summed E-state index contributed by atoms with van der Waals surface area (Å²) in [6.45, 7) is 0.885. The van der Waals surface area contributed by atoms with Crippen molar-refractivity contribution in [3.8, 4) is 0 Å². The molecule has 20 heavy (non-hydrogen) atoms. The average Bonchev–Trinajstić information content (AvgIpc) is 2.60. The molecule has 0 saturated heterocycles. The second-order valence-corrected chi connectivity index (χ2v) is 4.64. The molecule has 111 valence electrons. The van der Waals surface area contributed by atoms with Gasteiger partial charge in [-0.3, -0.25) is 0 Å². The topological polar surface area (TPSA) is 14.1 Å². The van der Waals surface area contributed by atoms with Crippen LogP contribution in [0.1, 0.15) is 25.7 Å². The van der Waals surface area contributed by atoms with E-state index in [1.807, 2.05) is 36.4 Å². The van der Waals surface area contributed by atoms with Gasteiger partial charge >= 0.3 is 27.2 Å². The van der Waals surface area contributed by atoms with E-state index in [0.29, 0.717) is 5.92 Å². The minimum Gasteiger partial charge on any atom is -0.0623 e. The molecule has 3 rings (SSSR count). The first-order valence-electron chi connectivity index (χ1n) is 6.98. The van der Waals surface area contributed by atoms with Crippen molar-refractivity contribution in [1.29, 1.82) is 0 Å². The zero-order valence-corrected chi connectivity index (χ0v) is 14.9. The molecule has 0 N–H and O–H groups in total. The Morgan fingerprint density at radius 3 is 2.15 bits per heavy atom. The van der Waals surface area contributed by atoms with Crippen LogP contribution in [0.4, 0.5) is 0 Å². The maximum atomic E-state index is 4.67. The molecule has 0 spiro atoms. The molecule has 1 aromatic carbocycles. The van der Waals surface area contributed by atoms with Crippen molar-refractivity contribution >= 4 is 9.64 Å². The minimum absolute atomic E-state index is 0.656. The summed E-state index contributed by atoms with van der Waals surface area (Å²) in [4.78, 5) is 0. The molecule has 2 aliphatic rings. The van der Waals surface area contributed by atoms with E-state index in [-0.39, 0.29) is 0 Å². The van der Waals surface area contributed by atoms with Crippen LogP contribution in [0.15, 0.2) is 60.3 Å². The van der Waals surface area contributed by atoms with Crippen molar-refractivity contribution in [2.24, 2.45) is 5.92 Å². The van der Waals surface area contributed by atoms with Gasteiger partial charge in [0.25, 0.3) is 0 Å². The van der Waals surface area contributed by atoms with Gasteiger partial charge in [-0.25, -0.2) is 0 Å². The average molecular weight is 465 g/mol. The first-order chi connectivity index (χ1) is 9.97. The van der Waals surface area contributed by atoms with Gasteiger partial charge in [0.15, 0.2) is 0 Å². The van der Waals surface area contributed by atoms with Crippen LogP contribution < -0.4 is 0 Å². The Morgan fingerprint density at radius 1 is 1.05 bits per heavy atom. The predicted molar refractivity (Wildman–Crippen MR) is 84.0 cm³/mol. The number of rotatable bonds is 1. The van der Waals surface area contributed by atoms with Crippen molar-refractivity contribution in [2.45, 2.75) is 25.7 Å². The molecule has 1 aliphatic heterocycles. The van der Waals surface area contributed by atoms with Crippen molar-refractivity contribution in [3.05, 3.63) is 72.1 Å². The molecule has 0 aromatic heterocycles. The molecule has 3 heteroatoms. The Hall–Kier alpha value is -0.574. The molecule has 1 heterocycles. The zero-order valence-electron chi connectivity index (χ0n) is 11.6. The monoisotopic (exact) mass is 466 g/mol. The molecular formula is C17H21ClNOs-2. The molecule has 0 radical (unpaired) electrons. The molecule has 1 nitrogen and oxygen atoms in total. The van der Waals surface area contributed by atoms with Crippen LogP contribution in [-0.2, 0) is 17.6 Å². The van der Waals surface area contributed by atoms with E-state index in [9.17, 15) is 0 Å². The van der Waals surface area contributed by atoms with Gasteiger partial charge in [-0.15, -0.1) is 12.6 Å². The predicted octanol–water partition coefficient (Wildman–Crippen LogP) is 5.58. The van der Waals surface area contributed by atoms with Crippen molar-refractivity contribution in [3.63, 3.8) is 0 Å². The van der Waals surface area contributed by atoms with Gasteiger partial charge < -0.3 is 11.7 Å². The third-order valence-electron chi connectivity index (χ3n) is 3.25. The van der Waals surface area contributed by atoms with Crippen LogP contribution in [0.2, 0.25) is 0 Å². The summed E-state index contributed by atoms with van der Waals surface area (Å²) in [5, 5.41) is 4.50. The summed E-state index contributed by atoms with van der Waals surface area (Å²) in [6, 6.07) is 12.0. The van der Waals surface area contributed by atoms with E-state index in [1.54, 1.807) is 0 Å². The second kappa shape index (κ2) is 12.2. The standard InChI is InChI=1S/C11H15N.C6H6.ClH.Os/c1-2-6-10(7-3-1)11-8-4-5-9-12-11;1-2-4-6-5-3-1;;/h4-6,8,10H,1-3,7,9H2;1-6H;1H;/q-2;;;+1/p-1. The van der Waals surface area contributed by atoms with Gasteiger partial charge in [-0.2, -0.15) is 18.0 Å². The number of hydrogen-bond donors (Lipinski definition) is 0. The maximum Gasteiger partial charge on any atom is -0.0623 e. The van der Waals surface area contributed by atoms with Crippen molar-refractivity contribution < 1.29 is 17.6 Å². The molecule has 1 unspecified atom stereocenters. The molecule has 1 aliphatic carbocycles. The van der Waals surface area contributed by atoms with Crippen LogP contribution >= 0.6 is 9.64 Å². The van der Waals surface area contributed by atoms with Gasteiger partial charge in [0.05, 0.1) is 0 Å². The third-order valence-corrected chi connectivity index (χ3v) is 3.25. The van der Waals surface area contributed by atoms with Crippen LogP contribution in [0.3, 0.4) is 0 Å². The first-order valence-corrected chi connectivity index (χ1v) is 10.1. The van der Waals surface area contributed by atoms with E-state index in [2.05, 4.69) is 39.6 Å².